The van der Waals surface area contributed by atoms with E-state index in [1.165, 1.54) is 6.92 Å². The number of rotatable bonds is 8. The average Bonchev–Trinajstić information content (AvgIpc) is 2.71. The number of Topliss-reactive ketones (excluding diaryl/α,β-unsaturated/α-hetero) is 1. The second kappa shape index (κ2) is 9.13. The van der Waals surface area contributed by atoms with E-state index >= 15 is 0 Å². The lowest BCUT2D eigenvalue weighted by molar-refractivity contribution is -0.113. The molecule has 4 nitrogen and oxygen atoms in total. The van der Waals surface area contributed by atoms with Crippen molar-refractivity contribution in [3.63, 3.8) is 0 Å². The molecule has 0 N–H and O–H groups in total. The minimum absolute atomic E-state index is 0.127. The minimum atomic E-state index is -3.98. The molecular formula is C23H20ClO4P. The third kappa shape index (κ3) is 5.17. The molecule has 3 aromatic carbocycles. The molecule has 0 aromatic heterocycles. The van der Waals surface area contributed by atoms with Crippen LogP contribution in [0.5, 0.6) is 11.5 Å². The van der Waals surface area contributed by atoms with Gasteiger partial charge in [0.15, 0.2) is 5.78 Å². The molecule has 3 aromatic rings. The Hall–Kier alpha value is -2.81. The number of carbonyl (C=O) groups excluding carboxylic acids is 1. The van der Waals surface area contributed by atoms with E-state index in [9.17, 15) is 9.36 Å². The first-order valence-electron chi connectivity index (χ1n) is 8.93. The molecule has 0 fully saturated rings. The highest BCUT2D eigenvalue weighted by atomic mass is 35.5. The first kappa shape index (κ1) is 20.9. The Balaban J connectivity index is 2.13. The first-order valence-corrected chi connectivity index (χ1v) is 10.9. The van der Waals surface area contributed by atoms with Crippen LogP contribution in [0.4, 0.5) is 0 Å². The Morgan fingerprint density at radius 1 is 0.862 bits per heavy atom. The van der Waals surface area contributed by atoms with Crippen LogP contribution in [0.1, 0.15) is 18.1 Å². The van der Waals surface area contributed by atoms with Crippen LogP contribution in [0.25, 0.3) is 0 Å². The number of hydrogen-bond acceptors (Lipinski definition) is 4. The molecule has 6 heteroatoms. The topological polar surface area (TPSA) is 52.6 Å². The van der Waals surface area contributed by atoms with Gasteiger partial charge in [-0.25, -0.2) is 4.57 Å². The Bertz CT molecular complexity index is 988. The molecule has 0 aliphatic heterocycles. The van der Waals surface area contributed by atoms with Crippen molar-refractivity contribution in [1.29, 1.82) is 0 Å². The number of ketones is 1. The first-order chi connectivity index (χ1) is 13.9. The zero-order valence-corrected chi connectivity index (χ0v) is 17.5. The summed E-state index contributed by atoms with van der Waals surface area (Å²) in [5, 5.41) is 0.517. The van der Waals surface area contributed by atoms with Crippen molar-refractivity contribution >= 4 is 25.0 Å². The molecule has 0 radical (unpaired) electrons. The van der Waals surface area contributed by atoms with Crippen LogP contribution in [0.3, 0.4) is 0 Å². The van der Waals surface area contributed by atoms with Crippen LogP contribution in [0.15, 0.2) is 97.1 Å². The standard InChI is InChI=1S/C23H20ClO4P/c1-17(18(2)25)23(19-13-15-20(24)16-14-19)29(26,27-21-9-5-3-6-10-21)28-22-11-7-4-8-12-22/h3-16,23H,1H2,2H3. The van der Waals surface area contributed by atoms with Crippen LogP contribution in [0, 0.1) is 0 Å². The van der Waals surface area contributed by atoms with E-state index in [-0.39, 0.29) is 11.4 Å². The summed E-state index contributed by atoms with van der Waals surface area (Å²) in [6.45, 7) is 5.26. The van der Waals surface area contributed by atoms with Gasteiger partial charge in [0.05, 0.1) is 0 Å². The molecule has 0 aliphatic rings. The fourth-order valence-corrected chi connectivity index (χ4v) is 5.10. The zero-order chi connectivity index (χ0) is 20.9. The molecule has 1 atom stereocenters. The largest absolute Gasteiger partial charge is 0.442 e. The Morgan fingerprint density at radius 3 is 1.72 bits per heavy atom. The van der Waals surface area contributed by atoms with E-state index < -0.39 is 13.3 Å². The fraction of sp³-hybridized carbons (Fsp3) is 0.0870. The summed E-state index contributed by atoms with van der Waals surface area (Å²) >= 11 is 6.01. The van der Waals surface area contributed by atoms with E-state index in [1.807, 2.05) is 12.1 Å². The molecule has 29 heavy (non-hydrogen) atoms. The second-order valence-corrected chi connectivity index (χ2v) is 8.78. The van der Waals surface area contributed by atoms with Crippen molar-refractivity contribution in [2.45, 2.75) is 12.6 Å². The number of hydrogen-bond donors (Lipinski definition) is 0. The van der Waals surface area contributed by atoms with Crippen LogP contribution < -0.4 is 9.05 Å². The van der Waals surface area contributed by atoms with Gasteiger partial charge in [-0.3, -0.25) is 4.79 Å². The highest BCUT2D eigenvalue weighted by Crippen LogP contribution is 2.62. The number of carbonyl (C=O) groups is 1. The molecule has 1 unspecified atom stereocenters. The molecule has 0 amide bonds. The minimum Gasteiger partial charge on any atom is -0.415 e. The quantitative estimate of drug-likeness (QED) is 0.291. The number of para-hydroxylation sites is 2. The fourth-order valence-electron chi connectivity index (χ4n) is 2.79. The van der Waals surface area contributed by atoms with Gasteiger partial charge in [0.1, 0.15) is 17.2 Å². The summed E-state index contributed by atoms with van der Waals surface area (Å²) in [5.41, 5.74) is -0.315. The van der Waals surface area contributed by atoms with Crippen molar-refractivity contribution in [3.8, 4) is 11.5 Å². The van der Waals surface area contributed by atoms with Gasteiger partial charge < -0.3 is 9.05 Å². The third-order valence-electron chi connectivity index (χ3n) is 4.24. The van der Waals surface area contributed by atoms with E-state index in [4.69, 9.17) is 20.6 Å². The molecule has 0 bridgehead atoms. The number of benzene rings is 3. The Morgan fingerprint density at radius 2 is 1.31 bits per heavy atom. The van der Waals surface area contributed by atoms with E-state index in [0.29, 0.717) is 22.1 Å². The van der Waals surface area contributed by atoms with Gasteiger partial charge in [0.25, 0.3) is 0 Å². The van der Waals surface area contributed by atoms with E-state index in [1.54, 1.807) is 72.8 Å². The number of halogens is 1. The highest BCUT2D eigenvalue weighted by Gasteiger charge is 2.43. The van der Waals surface area contributed by atoms with Gasteiger partial charge in [0.2, 0.25) is 0 Å². The molecule has 0 saturated carbocycles. The summed E-state index contributed by atoms with van der Waals surface area (Å²) in [5.74, 6) is 0.419. The van der Waals surface area contributed by atoms with Gasteiger partial charge in [-0.05, 0) is 48.9 Å². The Kier molecular flexibility index (Phi) is 6.58. The smallest absolute Gasteiger partial charge is 0.415 e. The van der Waals surface area contributed by atoms with Gasteiger partial charge >= 0.3 is 7.60 Å². The van der Waals surface area contributed by atoms with Crippen molar-refractivity contribution in [1.82, 2.24) is 0 Å². The van der Waals surface area contributed by atoms with Crippen molar-refractivity contribution in [2.75, 3.05) is 0 Å². The van der Waals surface area contributed by atoms with E-state index in [0.717, 1.165) is 0 Å². The highest BCUT2D eigenvalue weighted by molar-refractivity contribution is 7.55. The summed E-state index contributed by atoms with van der Waals surface area (Å²) < 4.78 is 26.0. The SMILES string of the molecule is C=C(C(C)=O)C(c1ccc(Cl)cc1)P(=O)(Oc1ccccc1)Oc1ccccc1. The van der Waals surface area contributed by atoms with E-state index in [2.05, 4.69) is 6.58 Å². The lowest BCUT2D eigenvalue weighted by atomic mass is 10.0. The normalized spacial score (nSPS) is 12.1. The molecule has 148 valence electrons. The van der Waals surface area contributed by atoms with Gasteiger partial charge in [0, 0.05) is 10.6 Å². The maximum atomic E-state index is 14.2. The van der Waals surface area contributed by atoms with Gasteiger partial charge in [-0.2, -0.15) is 0 Å². The number of allylic oxidation sites excluding steroid dienone is 1. The monoisotopic (exact) mass is 426 g/mol. The molecular weight excluding hydrogens is 407 g/mol. The van der Waals surface area contributed by atoms with Crippen LogP contribution >= 0.6 is 19.2 Å². The maximum absolute atomic E-state index is 14.2. The zero-order valence-electron chi connectivity index (χ0n) is 15.8. The maximum Gasteiger partial charge on any atom is 0.442 e. The predicted octanol–water partition coefficient (Wildman–Crippen LogP) is 6.88. The third-order valence-corrected chi connectivity index (χ3v) is 6.66. The summed E-state index contributed by atoms with van der Waals surface area (Å²) in [6, 6.07) is 24.1. The Labute approximate surface area is 175 Å². The second-order valence-electron chi connectivity index (χ2n) is 6.38. The summed E-state index contributed by atoms with van der Waals surface area (Å²) in [7, 11) is -3.98. The lowest BCUT2D eigenvalue weighted by Crippen LogP contribution is -2.16. The summed E-state index contributed by atoms with van der Waals surface area (Å²) in [6.07, 6.45) is 0. The average molecular weight is 427 g/mol. The molecule has 0 saturated heterocycles. The molecule has 0 spiro atoms. The van der Waals surface area contributed by atoms with Crippen LogP contribution in [0.2, 0.25) is 5.02 Å². The van der Waals surface area contributed by atoms with Crippen molar-refractivity contribution in [2.24, 2.45) is 0 Å². The lowest BCUT2D eigenvalue weighted by Gasteiger charge is -2.28. The van der Waals surface area contributed by atoms with Crippen molar-refractivity contribution < 1.29 is 18.4 Å². The molecule has 0 aliphatic carbocycles. The van der Waals surface area contributed by atoms with Crippen molar-refractivity contribution in [3.05, 3.63) is 108 Å². The predicted molar refractivity (Wildman–Crippen MR) is 116 cm³/mol. The van der Waals surface area contributed by atoms with Gasteiger partial charge in [-0.15, -0.1) is 0 Å². The molecule has 3 rings (SSSR count). The van der Waals surface area contributed by atoms with Crippen LogP contribution in [-0.2, 0) is 9.36 Å². The van der Waals surface area contributed by atoms with Crippen LogP contribution in [-0.4, -0.2) is 5.78 Å². The molecule has 0 heterocycles. The summed E-state index contributed by atoms with van der Waals surface area (Å²) in [4.78, 5) is 12.2. The van der Waals surface area contributed by atoms with Gasteiger partial charge in [-0.1, -0.05) is 66.7 Å².